The number of halogens is 1. The standard InChI is InChI=1S/C19H15ClN4O/c1-24-12-14(5-2-13-3-6-15(20)7-4-13)17-10-16(11-22-19(17)24)23-18(25)8-9-21/h2-7,10-12H,8H2,1H3,(H,23,25)/b5-2+. The van der Waals surface area contributed by atoms with Gasteiger partial charge in [0.2, 0.25) is 5.91 Å². The first-order chi connectivity index (χ1) is 12.1. The van der Waals surface area contributed by atoms with Gasteiger partial charge >= 0.3 is 0 Å². The second kappa shape index (κ2) is 7.20. The Morgan fingerprint density at radius 3 is 2.84 bits per heavy atom. The molecule has 1 amide bonds. The molecule has 0 aliphatic carbocycles. The Balaban J connectivity index is 1.93. The summed E-state index contributed by atoms with van der Waals surface area (Å²) in [5.74, 6) is -0.349. The number of hydrogen-bond acceptors (Lipinski definition) is 3. The van der Waals surface area contributed by atoms with E-state index in [0.29, 0.717) is 10.7 Å². The summed E-state index contributed by atoms with van der Waals surface area (Å²) in [6.07, 6.45) is 7.37. The normalized spacial score (nSPS) is 10.9. The fourth-order valence-corrected chi connectivity index (χ4v) is 2.65. The quantitative estimate of drug-likeness (QED) is 0.764. The number of hydrogen-bond donors (Lipinski definition) is 1. The number of nitriles is 1. The van der Waals surface area contributed by atoms with Crippen LogP contribution in [-0.4, -0.2) is 15.5 Å². The van der Waals surface area contributed by atoms with E-state index in [1.165, 1.54) is 0 Å². The lowest BCUT2D eigenvalue weighted by Crippen LogP contribution is -2.10. The number of nitrogens with one attached hydrogen (secondary N) is 1. The highest BCUT2D eigenvalue weighted by Crippen LogP contribution is 2.24. The van der Waals surface area contributed by atoms with Gasteiger partial charge in [-0.15, -0.1) is 0 Å². The zero-order chi connectivity index (χ0) is 17.8. The van der Waals surface area contributed by atoms with Crippen molar-refractivity contribution in [2.24, 2.45) is 7.05 Å². The molecule has 0 saturated carbocycles. The van der Waals surface area contributed by atoms with Gasteiger partial charge in [0.15, 0.2) is 0 Å². The molecule has 0 atom stereocenters. The van der Waals surface area contributed by atoms with Crippen LogP contribution in [0.2, 0.25) is 5.02 Å². The van der Waals surface area contributed by atoms with Gasteiger partial charge in [0, 0.05) is 29.2 Å². The van der Waals surface area contributed by atoms with Crippen LogP contribution in [0.3, 0.4) is 0 Å². The van der Waals surface area contributed by atoms with Gasteiger partial charge in [-0.05, 0) is 23.8 Å². The third-order valence-electron chi connectivity index (χ3n) is 3.69. The highest BCUT2D eigenvalue weighted by Gasteiger charge is 2.08. The third-order valence-corrected chi connectivity index (χ3v) is 3.95. The molecule has 0 aliphatic heterocycles. The van der Waals surface area contributed by atoms with E-state index in [1.807, 2.05) is 66.4 Å². The number of fused-ring (bicyclic) bond motifs is 1. The van der Waals surface area contributed by atoms with Gasteiger partial charge in [-0.2, -0.15) is 5.26 Å². The molecular weight excluding hydrogens is 336 g/mol. The number of carbonyl (C=O) groups is 1. The third kappa shape index (κ3) is 3.87. The van der Waals surface area contributed by atoms with E-state index in [2.05, 4.69) is 10.3 Å². The van der Waals surface area contributed by atoms with Crippen molar-refractivity contribution in [3.63, 3.8) is 0 Å². The maximum Gasteiger partial charge on any atom is 0.238 e. The highest BCUT2D eigenvalue weighted by molar-refractivity contribution is 6.30. The summed E-state index contributed by atoms with van der Waals surface area (Å²) in [5, 5.41) is 12.9. The minimum Gasteiger partial charge on any atom is -0.335 e. The van der Waals surface area contributed by atoms with E-state index in [-0.39, 0.29) is 12.3 Å². The molecule has 6 heteroatoms. The number of rotatable bonds is 4. The average Bonchev–Trinajstić information content (AvgIpc) is 2.90. The van der Waals surface area contributed by atoms with Gasteiger partial charge in [0.1, 0.15) is 12.1 Å². The Labute approximate surface area is 150 Å². The van der Waals surface area contributed by atoms with Crippen LogP contribution in [0.15, 0.2) is 42.7 Å². The van der Waals surface area contributed by atoms with E-state index in [0.717, 1.165) is 22.2 Å². The average molecular weight is 351 g/mol. The second-order valence-corrected chi connectivity index (χ2v) is 5.99. The Kier molecular flexibility index (Phi) is 4.82. The fourth-order valence-electron chi connectivity index (χ4n) is 2.53. The Hall–Kier alpha value is -3.10. The number of nitrogens with zero attached hydrogens (tertiary/aromatic N) is 3. The van der Waals surface area contributed by atoms with Crippen molar-refractivity contribution >= 4 is 46.4 Å². The molecule has 1 aromatic carbocycles. The topological polar surface area (TPSA) is 70.7 Å². The molecule has 5 nitrogen and oxygen atoms in total. The lowest BCUT2D eigenvalue weighted by atomic mass is 10.1. The molecule has 0 bridgehead atoms. The number of amides is 1. The number of carbonyl (C=O) groups excluding carboxylic acids is 1. The maximum absolute atomic E-state index is 11.6. The molecule has 0 aliphatic rings. The van der Waals surface area contributed by atoms with E-state index in [9.17, 15) is 4.79 Å². The molecule has 0 saturated heterocycles. The molecule has 0 unspecified atom stereocenters. The van der Waals surface area contributed by atoms with Crippen LogP contribution < -0.4 is 5.32 Å². The van der Waals surface area contributed by atoms with Crippen LogP contribution in [0.1, 0.15) is 17.5 Å². The van der Waals surface area contributed by atoms with E-state index < -0.39 is 0 Å². The van der Waals surface area contributed by atoms with Crippen LogP contribution in [-0.2, 0) is 11.8 Å². The molecule has 3 aromatic rings. The molecule has 1 N–H and O–H groups in total. The number of anilines is 1. The molecule has 2 heterocycles. The van der Waals surface area contributed by atoms with Crippen LogP contribution in [0.25, 0.3) is 23.2 Å². The minimum atomic E-state index is -0.349. The summed E-state index contributed by atoms with van der Waals surface area (Å²) in [4.78, 5) is 16.0. The maximum atomic E-state index is 11.6. The highest BCUT2D eigenvalue weighted by atomic mass is 35.5. The van der Waals surface area contributed by atoms with Crippen molar-refractivity contribution in [3.8, 4) is 6.07 Å². The number of aromatic nitrogens is 2. The number of pyridine rings is 1. The number of aryl methyl sites for hydroxylation is 1. The molecule has 0 fully saturated rings. The van der Waals surface area contributed by atoms with Gasteiger partial charge in [-0.1, -0.05) is 35.9 Å². The van der Waals surface area contributed by atoms with Gasteiger partial charge in [0.25, 0.3) is 0 Å². The molecule has 2 aromatic heterocycles. The Morgan fingerprint density at radius 2 is 2.12 bits per heavy atom. The van der Waals surface area contributed by atoms with E-state index in [4.69, 9.17) is 16.9 Å². The zero-order valence-electron chi connectivity index (χ0n) is 13.5. The van der Waals surface area contributed by atoms with Crippen molar-refractivity contribution < 1.29 is 4.79 Å². The summed E-state index contributed by atoms with van der Waals surface area (Å²) >= 11 is 5.90. The summed E-state index contributed by atoms with van der Waals surface area (Å²) in [6, 6.07) is 11.3. The first-order valence-corrected chi connectivity index (χ1v) is 8.00. The van der Waals surface area contributed by atoms with E-state index in [1.54, 1.807) is 6.20 Å². The molecule has 3 rings (SSSR count). The molecule has 25 heavy (non-hydrogen) atoms. The van der Waals surface area contributed by atoms with Gasteiger partial charge in [-0.25, -0.2) is 4.98 Å². The summed E-state index contributed by atoms with van der Waals surface area (Å²) in [7, 11) is 1.92. The lowest BCUT2D eigenvalue weighted by molar-refractivity contribution is -0.115. The summed E-state index contributed by atoms with van der Waals surface area (Å²) < 4.78 is 1.93. The van der Waals surface area contributed by atoms with Crippen LogP contribution >= 0.6 is 11.6 Å². The molecule has 0 radical (unpaired) electrons. The second-order valence-electron chi connectivity index (χ2n) is 5.56. The van der Waals surface area contributed by atoms with Crippen molar-refractivity contribution in [1.82, 2.24) is 9.55 Å². The first-order valence-electron chi connectivity index (χ1n) is 7.62. The monoisotopic (exact) mass is 350 g/mol. The van der Waals surface area contributed by atoms with Gasteiger partial charge < -0.3 is 9.88 Å². The van der Waals surface area contributed by atoms with E-state index >= 15 is 0 Å². The molecule has 0 spiro atoms. The molecular formula is C19H15ClN4O. The van der Waals surface area contributed by atoms with Crippen molar-refractivity contribution in [2.75, 3.05) is 5.32 Å². The zero-order valence-corrected chi connectivity index (χ0v) is 14.3. The predicted octanol–water partition coefficient (Wildman–Crippen LogP) is 4.25. The smallest absolute Gasteiger partial charge is 0.238 e. The summed E-state index contributed by atoms with van der Waals surface area (Å²) in [6.45, 7) is 0. The van der Waals surface area contributed by atoms with Crippen LogP contribution in [0, 0.1) is 11.3 Å². The largest absolute Gasteiger partial charge is 0.335 e. The lowest BCUT2D eigenvalue weighted by Gasteiger charge is -2.03. The van der Waals surface area contributed by atoms with Crippen LogP contribution in [0.4, 0.5) is 5.69 Å². The predicted molar refractivity (Wildman–Crippen MR) is 100.0 cm³/mol. The van der Waals surface area contributed by atoms with Crippen molar-refractivity contribution in [1.29, 1.82) is 5.26 Å². The van der Waals surface area contributed by atoms with Gasteiger partial charge in [-0.3, -0.25) is 4.79 Å². The van der Waals surface area contributed by atoms with Crippen molar-refractivity contribution in [3.05, 3.63) is 58.9 Å². The number of benzene rings is 1. The SMILES string of the molecule is Cn1cc(/C=C/c2ccc(Cl)cc2)c2cc(NC(=O)CC#N)cnc21. The summed E-state index contributed by atoms with van der Waals surface area (Å²) in [5.41, 5.74) is 3.40. The Morgan fingerprint density at radius 1 is 1.36 bits per heavy atom. The van der Waals surface area contributed by atoms with Crippen molar-refractivity contribution in [2.45, 2.75) is 6.42 Å². The van der Waals surface area contributed by atoms with Crippen LogP contribution in [0.5, 0.6) is 0 Å². The first kappa shape index (κ1) is 16.7. The minimum absolute atomic E-state index is 0.184. The van der Waals surface area contributed by atoms with Gasteiger partial charge in [0.05, 0.1) is 18.0 Å². The Bertz CT molecular complexity index is 997. The molecule has 124 valence electrons. The fraction of sp³-hybridized carbons (Fsp3) is 0.105.